The molecule has 0 aliphatic rings. The Bertz CT molecular complexity index is 530. The molecule has 2 amide bonds. The number of aromatic nitrogens is 1. The highest BCUT2D eigenvalue weighted by molar-refractivity contribution is 7.07. The summed E-state index contributed by atoms with van der Waals surface area (Å²) < 4.78 is 12.9. The molecule has 0 atom stereocenters. The van der Waals surface area contributed by atoms with E-state index in [2.05, 4.69) is 15.6 Å². The fourth-order valence-corrected chi connectivity index (χ4v) is 2.13. The predicted molar refractivity (Wildman–Crippen MR) is 72.5 cm³/mol. The number of nitrogens with zero attached hydrogens (tertiary/aromatic N) is 1. The van der Waals surface area contributed by atoms with E-state index >= 15 is 0 Å². The molecule has 2 rings (SSSR count). The maximum atomic E-state index is 12.9. The van der Waals surface area contributed by atoms with Crippen molar-refractivity contribution in [2.75, 3.05) is 6.54 Å². The number of halogens is 1. The quantitative estimate of drug-likeness (QED) is 0.882. The van der Waals surface area contributed by atoms with Gasteiger partial charge in [0.25, 0.3) is 0 Å². The van der Waals surface area contributed by atoms with Crippen LogP contribution < -0.4 is 10.6 Å². The van der Waals surface area contributed by atoms with Gasteiger partial charge in [-0.15, -0.1) is 11.3 Å². The third kappa shape index (κ3) is 4.67. The van der Waals surface area contributed by atoms with Crippen molar-refractivity contribution in [1.82, 2.24) is 15.6 Å². The van der Waals surface area contributed by atoms with Gasteiger partial charge in [-0.25, -0.2) is 14.2 Å². The number of thiazole rings is 1. The van der Waals surface area contributed by atoms with Crippen LogP contribution in [0.3, 0.4) is 0 Å². The van der Waals surface area contributed by atoms with Crippen molar-refractivity contribution >= 4 is 17.4 Å². The standard InChI is InChI=1S/C13H14FN3OS/c14-11-3-1-2-10(6-11)4-5-15-13(18)16-7-12-8-19-9-17-12/h1-3,6,8-9H,4-5,7H2,(H2,15,16,18). The first-order valence-corrected chi connectivity index (χ1v) is 6.81. The van der Waals surface area contributed by atoms with Crippen molar-refractivity contribution in [3.05, 3.63) is 52.2 Å². The second-order valence-corrected chi connectivity index (χ2v) is 4.69. The van der Waals surface area contributed by atoms with E-state index in [1.165, 1.54) is 23.5 Å². The SMILES string of the molecule is O=C(NCCc1cccc(F)c1)NCc1cscn1. The molecular formula is C13H14FN3OS. The molecule has 0 saturated carbocycles. The van der Waals surface area contributed by atoms with Gasteiger partial charge in [0.2, 0.25) is 0 Å². The van der Waals surface area contributed by atoms with E-state index < -0.39 is 0 Å². The Balaban J connectivity index is 1.66. The Labute approximate surface area is 114 Å². The maximum Gasteiger partial charge on any atom is 0.315 e. The highest BCUT2D eigenvalue weighted by atomic mass is 32.1. The molecule has 1 heterocycles. The average molecular weight is 279 g/mol. The van der Waals surface area contributed by atoms with Crippen LogP contribution in [0.4, 0.5) is 9.18 Å². The molecule has 4 nitrogen and oxygen atoms in total. The zero-order valence-electron chi connectivity index (χ0n) is 10.2. The lowest BCUT2D eigenvalue weighted by atomic mass is 10.1. The van der Waals surface area contributed by atoms with Gasteiger partial charge in [-0.2, -0.15) is 0 Å². The van der Waals surface area contributed by atoms with E-state index in [0.717, 1.165) is 11.3 Å². The van der Waals surface area contributed by atoms with Crippen molar-refractivity contribution in [2.24, 2.45) is 0 Å². The lowest BCUT2D eigenvalue weighted by Gasteiger charge is -2.06. The summed E-state index contributed by atoms with van der Waals surface area (Å²) in [5, 5.41) is 7.30. The van der Waals surface area contributed by atoms with Crippen LogP contribution in [0.25, 0.3) is 0 Å². The number of carbonyl (C=O) groups is 1. The van der Waals surface area contributed by atoms with Crippen molar-refractivity contribution in [3.8, 4) is 0 Å². The zero-order chi connectivity index (χ0) is 13.5. The minimum Gasteiger partial charge on any atom is -0.338 e. The zero-order valence-corrected chi connectivity index (χ0v) is 11.0. The first kappa shape index (κ1) is 13.5. The Morgan fingerprint density at radius 1 is 1.37 bits per heavy atom. The van der Waals surface area contributed by atoms with Crippen LogP contribution in [0.2, 0.25) is 0 Å². The number of benzene rings is 1. The number of carbonyl (C=O) groups excluding carboxylic acids is 1. The summed E-state index contributed by atoms with van der Waals surface area (Å²) >= 11 is 1.49. The molecule has 0 unspecified atom stereocenters. The van der Waals surface area contributed by atoms with Crippen LogP contribution in [0.5, 0.6) is 0 Å². The van der Waals surface area contributed by atoms with Crippen LogP contribution >= 0.6 is 11.3 Å². The molecule has 0 spiro atoms. The van der Waals surface area contributed by atoms with Gasteiger partial charge < -0.3 is 10.6 Å². The van der Waals surface area contributed by atoms with Gasteiger partial charge in [0.15, 0.2) is 0 Å². The average Bonchev–Trinajstić information content (AvgIpc) is 2.89. The molecule has 1 aromatic carbocycles. The molecule has 0 radical (unpaired) electrons. The number of hydrogen-bond donors (Lipinski definition) is 2. The first-order chi connectivity index (χ1) is 9.24. The van der Waals surface area contributed by atoms with E-state index in [0.29, 0.717) is 19.5 Å². The Morgan fingerprint density at radius 3 is 3.00 bits per heavy atom. The van der Waals surface area contributed by atoms with E-state index in [9.17, 15) is 9.18 Å². The van der Waals surface area contributed by atoms with Crippen molar-refractivity contribution in [2.45, 2.75) is 13.0 Å². The smallest absolute Gasteiger partial charge is 0.315 e. The Hall–Kier alpha value is -1.95. The summed E-state index contributed by atoms with van der Waals surface area (Å²) in [4.78, 5) is 15.5. The Kier molecular flexibility index (Phi) is 4.85. The summed E-state index contributed by atoms with van der Waals surface area (Å²) in [6.07, 6.45) is 0.599. The fourth-order valence-electron chi connectivity index (χ4n) is 1.57. The molecule has 6 heteroatoms. The molecule has 0 bridgehead atoms. The first-order valence-electron chi connectivity index (χ1n) is 5.87. The minimum atomic E-state index is -0.259. The number of amides is 2. The molecular weight excluding hydrogens is 265 g/mol. The van der Waals surface area contributed by atoms with Gasteiger partial charge >= 0.3 is 6.03 Å². The van der Waals surface area contributed by atoms with E-state index in [-0.39, 0.29) is 11.8 Å². The van der Waals surface area contributed by atoms with Crippen molar-refractivity contribution in [3.63, 3.8) is 0 Å². The lowest BCUT2D eigenvalue weighted by Crippen LogP contribution is -2.36. The number of hydrogen-bond acceptors (Lipinski definition) is 3. The molecule has 0 fully saturated rings. The van der Waals surface area contributed by atoms with Crippen LogP contribution in [0.15, 0.2) is 35.2 Å². The topological polar surface area (TPSA) is 54.0 Å². The molecule has 2 N–H and O–H groups in total. The molecule has 0 saturated heterocycles. The number of urea groups is 1. The van der Waals surface area contributed by atoms with Crippen molar-refractivity contribution < 1.29 is 9.18 Å². The molecule has 0 aliphatic carbocycles. The van der Waals surface area contributed by atoms with Crippen molar-refractivity contribution in [1.29, 1.82) is 0 Å². The minimum absolute atomic E-state index is 0.246. The van der Waals surface area contributed by atoms with Crippen LogP contribution in [0, 0.1) is 5.82 Å². The summed E-state index contributed by atoms with van der Waals surface area (Å²) in [5.74, 6) is -0.259. The maximum absolute atomic E-state index is 12.9. The fraction of sp³-hybridized carbons (Fsp3) is 0.231. The van der Waals surface area contributed by atoms with Gasteiger partial charge in [0, 0.05) is 11.9 Å². The third-order valence-electron chi connectivity index (χ3n) is 2.50. The molecule has 100 valence electrons. The van der Waals surface area contributed by atoms with E-state index in [1.54, 1.807) is 11.6 Å². The summed E-state index contributed by atoms with van der Waals surface area (Å²) in [7, 11) is 0. The highest BCUT2D eigenvalue weighted by Gasteiger charge is 2.01. The van der Waals surface area contributed by atoms with Gasteiger partial charge in [-0.05, 0) is 24.1 Å². The van der Waals surface area contributed by atoms with Gasteiger partial charge in [-0.3, -0.25) is 0 Å². The largest absolute Gasteiger partial charge is 0.338 e. The third-order valence-corrected chi connectivity index (χ3v) is 3.14. The van der Waals surface area contributed by atoms with Crippen LogP contribution in [-0.2, 0) is 13.0 Å². The van der Waals surface area contributed by atoms with E-state index in [1.807, 2.05) is 11.4 Å². The molecule has 0 aliphatic heterocycles. The van der Waals surface area contributed by atoms with Crippen LogP contribution in [0.1, 0.15) is 11.3 Å². The van der Waals surface area contributed by atoms with E-state index in [4.69, 9.17) is 0 Å². The van der Waals surface area contributed by atoms with Gasteiger partial charge in [0.05, 0.1) is 17.7 Å². The lowest BCUT2D eigenvalue weighted by molar-refractivity contribution is 0.240. The normalized spacial score (nSPS) is 10.2. The summed E-state index contributed by atoms with van der Waals surface area (Å²) in [6.45, 7) is 0.877. The highest BCUT2D eigenvalue weighted by Crippen LogP contribution is 2.03. The second kappa shape index (κ2) is 6.84. The van der Waals surface area contributed by atoms with Gasteiger partial charge in [-0.1, -0.05) is 12.1 Å². The van der Waals surface area contributed by atoms with Crippen LogP contribution in [-0.4, -0.2) is 17.6 Å². The Morgan fingerprint density at radius 2 is 2.26 bits per heavy atom. The molecule has 2 aromatic rings. The summed E-state index contributed by atoms with van der Waals surface area (Å²) in [5.41, 5.74) is 3.42. The number of nitrogens with one attached hydrogen (secondary N) is 2. The monoisotopic (exact) mass is 279 g/mol. The molecule has 19 heavy (non-hydrogen) atoms. The summed E-state index contributed by atoms with van der Waals surface area (Å²) in [6, 6.07) is 6.11. The van der Waals surface area contributed by atoms with Gasteiger partial charge in [0.1, 0.15) is 5.82 Å². The second-order valence-electron chi connectivity index (χ2n) is 3.97. The predicted octanol–water partition coefficient (Wildman–Crippen LogP) is 2.32. The number of rotatable bonds is 5. The molecule has 1 aromatic heterocycles.